The van der Waals surface area contributed by atoms with E-state index < -0.39 is 8.07 Å². The molecule has 3 rings (SSSR count). The maximum atomic E-state index is 6.04. The van der Waals surface area contributed by atoms with Crippen molar-refractivity contribution in [1.82, 2.24) is 19.6 Å². The molecule has 0 aliphatic carbocycles. The molecule has 0 N–H and O–H groups in total. The summed E-state index contributed by atoms with van der Waals surface area (Å²) in [5, 5.41) is 5.16. The van der Waals surface area contributed by atoms with Crippen molar-refractivity contribution in [3.8, 4) is 11.3 Å². The van der Waals surface area contributed by atoms with Gasteiger partial charge >= 0.3 is 0 Å². The Morgan fingerprint density at radius 2 is 1.88 bits per heavy atom. The molecule has 6 heteroatoms. The predicted molar refractivity (Wildman–Crippen MR) is 102 cm³/mol. The first-order valence-corrected chi connectivity index (χ1v) is 11.7. The van der Waals surface area contributed by atoms with Crippen molar-refractivity contribution in [2.75, 3.05) is 0 Å². The van der Waals surface area contributed by atoms with E-state index in [-0.39, 0.29) is 0 Å². The third kappa shape index (κ3) is 3.23. The number of imidazole rings is 1. The summed E-state index contributed by atoms with van der Waals surface area (Å²) in [5.41, 5.74) is 3.93. The minimum atomic E-state index is -1.44. The molecule has 126 valence electrons. The lowest BCUT2D eigenvalue weighted by Gasteiger charge is -2.36. The summed E-state index contributed by atoms with van der Waals surface area (Å²) in [6.07, 6.45) is 3.71. The van der Waals surface area contributed by atoms with Gasteiger partial charge in [0.2, 0.25) is 0 Å². The zero-order valence-corrected chi connectivity index (χ0v) is 16.6. The van der Waals surface area contributed by atoms with Crippen molar-refractivity contribution in [2.45, 2.75) is 44.9 Å². The highest BCUT2D eigenvalue weighted by molar-refractivity contribution is 6.79. The Hall–Kier alpha value is -1.72. The van der Waals surface area contributed by atoms with Crippen LogP contribution in [0.25, 0.3) is 16.9 Å². The molecule has 0 unspecified atom stereocenters. The van der Waals surface area contributed by atoms with Gasteiger partial charge in [0, 0.05) is 17.5 Å². The average Bonchev–Trinajstić information content (AvgIpc) is 2.88. The molecule has 0 aromatic carbocycles. The maximum absolute atomic E-state index is 6.04. The van der Waals surface area contributed by atoms with Crippen LogP contribution in [0.4, 0.5) is 0 Å². The molecule has 0 radical (unpaired) electrons. The van der Waals surface area contributed by atoms with E-state index in [1.807, 2.05) is 24.5 Å². The van der Waals surface area contributed by atoms with Gasteiger partial charge in [-0.25, -0.2) is 9.50 Å². The van der Waals surface area contributed by atoms with Gasteiger partial charge in [0.05, 0.1) is 20.0 Å². The molecule has 0 spiro atoms. The standard InChI is InChI=1S/C18H23ClN4Si/c1-18(2,3)24(4,5)12-14-10-13(8-9-20-14)15-11-21-17-7-6-16(19)22-23(15)17/h6-11H,12H2,1-5H3. The van der Waals surface area contributed by atoms with Gasteiger partial charge in [0.15, 0.2) is 5.65 Å². The lowest BCUT2D eigenvalue weighted by atomic mass is 10.2. The van der Waals surface area contributed by atoms with Crippen molar-refractivity contribution < 1.29 is 0 Å². The number of nitrogens with zero attached hydrogens (tertiary/aromatic N) is 4. The van der Waals surface area contributed by atoms with Crippen molar-refractivity contribution >= 4 is 25.3 Å². The lowest BCUT2D eigenvalue weighted by Crippen LogP contribution is -2.40. The van der Waals surface area contributed by atoms with Crippen LogP contribution in [0.15, 0.2) is 36.7 Å². The summed E-state index contributed by atoms with van der Waals surface area (Å²) < 4.78 is 1.79. The van der Waals surface area contributed by atoms with Crippen molar-refractivity contribution in [3.63, 3.8) is 0 Å². The van der Waals surface area contributed by atoms with Gasteiger partial charge < -0.3 is 0 Å². The van der Waals surface area contributed by atoms with Gasteiger partial charge in [-0.3, -0.25) is 4.98 Å². The number of hydrogen-bond acceptors (Lipinski definition) is 3. The third-order valence-corrected chi connectivity index (χ3v) is 10.6. The summed E-state index contributed by atoms with van der Waals surface area (Å²) in [4.78, 5) is 9.01. The molecule has 0 amide bonds. The van der Waals surface area contributed by atoms with Crippen molar-refractivity contribution in [3.05, 3.63) is 47.5 Å². The highest BCUT2D eigenvalue weighted by Crippen LogP contribution is 2.38. The smallest absolute Gasteiger partial charge is 0.154 e. The minimum Gasteiger partial charge on any atom is -0.262 e. The fourth-order valence-corrected chi connectivity index (χ4v) is 4.27. The van der Waals surface area contributed by atoms with Gasteiger partial charge in [-0.1, -0.05) is 45.5 Å². The highest BCUT2D eigenvalue weighted by atomic mass is 35.5. The summed E-state index contributed by atoms with van der Waals surface area (Å²) in [7, 11) is -1.44. The van der Waals surface area contributed by atoms with E-state index in [1.54, 1.807) is 10.6 Å². The SMILES string of the molecule is CC(C)(C)[Si](C)(C)Cc1cc(-c2cnc3ccc(Cl)nn23)ccn1. The van der Waals surface area contributed by atoms with E-state index in [2.05, 4.69) is 55.0 Å². The zero-order chi connectivity index (χ0) is 17.5. The number of halogens is 1. The van der Waals surface area contributed by atoms with Crippen LogP contribution in [0.3, 0.4) is 0 Å². The molecule has 24 heavy (non-hydrogen) atoms. The van der Waals surface area contributed by atoms with Crippen LogP contribution >= 0.6 is 11.6 Å². The van der Waals surface area contributed by atoms with Crippen LogP contribution in [0, 0.1) is 0 Å². The van der Waals surface area contributed by atoms with Crippen LogP contribution in [0.2, 0.25) is 23.3 Å². The van der Waals surface area contributed by atoms with E-state index in [0.29, 0.717) is 10.2 Å². The number of fused-ring (bicyclic) bond motifs is 1. The van der Waals surface area contributed by atoms with Crippen molar-refractivity contribution in [2.24, 2.45) is 0 Å². The summed E-state index contributed by atoms with van der Waals surface area (Å²) >= 11 is 6.04. The van der Waals surface area contributed by atoms with Crippen LogP contribution in [-0.2, 0) is 6.04 Å². The largest absolute Gasteiger partial charge is 0.262 e. The molecule has 3 aromatic heterocycles. The van der Waals surface area contributed by atoms with Crippen LogP contribution in [0.1, 0.15) is 26.5 Å². The monoisotopic (exact) mass is 358 g/mol. The maximum Gasteiger partial charge on any atom is 0.154 e. The molecule has 0 aliphatic heterocycles. The molecule has 0 aliphatic rings. The van der Waals surface area contributed by atoms with Gasteiger partial charge in [0.25, 0.3) is 0 Å². The first-order chi connectivity index (χ1) is 11.2. The van der Waals surface area contributed by atoms with E-state index in [0.717, 1.165) is 28.6 Å². The lowest BCUT2D eigenvalue weighted by molar-refractivity contribution is 0.712. The minimum absolute atomic E-state index is 0.336. The second kappa shape index (κ2) is 5.97. The van der Waals surface area contributed by atoms with Crippen LogP contribution in [-0.4, -0.2) is 27.7 Å². The Kier molecular flexibility index (Phi) is 4.26. The fraction of sp³-hybridized carbons (Fsp3) is 0.389. The first kappa shape index (κ1) is 17.1. The summed E-state index contributed by atoms with van der Waals surface area (Å²) in [5.74, 6) is 0. The molecular weight excluding hydrogens is 336 g/mol. The molecule has 4 nitrogen and oxygen atoms in total. The van der Waals surface area contributed by atoms with Crippen LogP contribution < -0.4 is 0 Å². The van der Waals surface area contributed by atoms with E-state index in [4.69, 9.17) is 11.6 Å². The highest BCUT2D eigenvalue weighted by Gasteiger charge is 2.35. The topological polar surface area (TPSA) is 43.1 Å². The Morgan fingerprint density at radius 1 is 1.12 bits per heavy atom. The summed E-state index contributed by atoms with van der Waals surface area (Å²) in [6.45, 7) is 11.9. The second-order valence-electron chi connectivity index (χ2n) is 7.92. The Bertz CT molecular complexity index is 880. The van der Waals surface area contributed by atoms with E-state index >= 15 is 0 Å². The number of hydrogen-bond donors (Lipinski definition) is 0. The molecule has 0 atom stereocenters. The Balaban J connectivity index is 2.00. The average molecular weight is 359 g/mol. The van der Waals surface area contributed by atoms with Crippen LogP contribution in [0.5, 0.6) is 0 Å². The van der Waals surface area contributed by atoms with Gasteiger partial charge in [0.1, 0.15) is 5.15 Å². The van der Waals surface area contributed by atoms with Gasteiger partial charge in [-0.05, 0) is 35.3 Å². The Labute approximate surface area is 148 Å². The molecule has 0 saturated carbocycles. The quantitative estimate of drug-likeness (QED) is 0.616. The van der Waals surface area contributed by atoms with E-state index in [9.17, 15) is 0 Å². The molecular formula is C18H23ClN4Si. The fourth-order valence-electron chi connectivity index (χ4n) is 2.50. The molecule has 0 fully saturated rings. The first-order valence-electron chi connectivity index (χ1n) is 8.13. The number of rotatable bonds is 3. The van der Waals surface area contributed by atoms with Gasteiger partial charge in [-0.15, -0.1) is 0 Å². The third-order valence-electron chi connectivity index (χ3n) is 5.10. The van der Waals surface area contributed by atoms with Crippen molar-refractivity contribution in [1.29, 1.82) is 0 Å². The second-order valence-corrected chi connectivity index (χ2v) is 13.9. The molecule has 3 heterocycles. The molecule has 0 bridgehead atoms. The molecule has 3 aromatic rings. The predicted octanol–water partition coefficient (Wildman–Crippen LogP) is 5.03. The van der Waals surface area contributed by atoms with E-state index in [1.165, 1.54) is 0 Å². The number of pyridine rings is 1. The summed E-state index contributed by atoms with van der Waals surface area (Å²) in [6, 6.07) is 8.84. The van der Waals surface area contributed by atoms with Gasteiger partial charge in [-0.2, -0.15) is 5.10 Å². The Morgan fingerprint density at radius 3 is 2.58 bits per heavy atom. The normalized spacial score (nSPS) is 12.8. The zero-order valence-electron chi connectivity index (χ0n) is 14.8. The molecule has 0 saturated heterocycles. The number of aromatic nitrogens is 4.